The van der Waals surface area contributed by atoms with Gasteiger partial charge in [-0.3, -0.25) is 19.0 Å². The zero-order valence-electron chi connectivity index (χ0n) is 37.3. The van der Waals surface area contributed by atoms with Crippen LogP contribution in [0.25, 0.3) is 0 Å². The van der Waals surface area contributed by atoms with Crippen LogP contribution in [0.15, 0.2) is 116 Å². The quantitative estimate of drug-likeness (QED) is 0.101. The molecule has 2 aliphatic heterocycles. The molecule has 70 heavy (non-hydrogen) atoms. The Hall–Kier alpha value is -8.24. The first-order valence-corrected chi connectivity index (χ1v) is 21.1. The number of nitrogens with one attached hydrogen (secondary N) is 3. The number of nitrogens with zero attached hydrogens (tertiary/aromatic N) is 6. The normalized spacial score (nSPS) is 14.2. The minimum Gasteiger partial charge on any atom is -0.492 e. The van der Waals surface area contributed by atoms with E-state index in [0.717, 1.165) is 41.2 Å². The highest BCUT2D eigenvalue weighted by Crippen LogP contribution is 2.36. The summed E-state index contributed by atoms with van der Waals surface area (Å²) in [5.74, 6) is -4.31. The number of fused-ring (bicyclic) bond motifs is 2. The molecule has 0 saturated carbocycles. The van der Waals surface area contributed by atoms with Crippen LogP contribution < -0.4 is 31.2 Å². The number of hydrogen-bond acceptors (Lipinski definition) is 12. The number of carbonyl (C=O) groups is 4. The predicted octanol–water partition coefficient (Wildman–Crippen LogP) is 7.92. The third kappa shape index (κ3) is 12.8. The van der Waals surface area contributed by atoms with Crippen molar-refractivity contribution in [2.24, 2.45) is 19.8 Å². The summed E-state index contributed by atoms with van der Waals surface area (Å²) in [6.45, 7) is 0.974. The number of benzene rings is 4. The van der Waals surface area contributed by atoms with Crippen LogP contribution in [0.4, 0.5) is 38.5 Å². The highest BCUT2D eigenvalue weighted by molar-refractivity contribution is 6.07. The largest absolute Gasteiger partial charge is 0.492 e. The summed E-state index contributed by atoms with van der Waals surface area (Å²) in [5.41, 5.74) is 9.77. The SMILES string of the molecule is Cl.Cn1nccc1COC(=O)N[C@H]1CCOc2c(C(=O)Nc3ccc(F)c(F)c3)cccc21.Cn1nccc1COC(=O)n1ccnc1.N[C@H]1CCOc2c(C(=O)Nc3ccc(F)c(F)c3)cccc21. The zero-order valence-corrected chi connectivity index (χ0v) is 38.1. The number of aryl methyl sites for hydroxylation is 2. The van der Waals surface area contributed by atoms with Crippen molar-refractivity contribution in [1.82, 2.24) is 34.4 Å². The maximum absolute atomic E-state index is 13.4. The molecule has 0 aliphatic carbocycles. The van der Waals surface area contributed by atoms with E-state index < -0.39 is 53.3 Å². The smallest absolute Gasteiger partial charge is 0.419 e. The van der Waals surface area contributed by atoms with Gasteiger partial charge in [-0.2, -0.15) is 10.2 Å². The first-order chi connectivity index (χ1) is 33.2. The standard InChI is InChI=1S/C22H20F2N4O4.C16H14F2N2O2.C9H10N4O2.ClH/c1-28-14(7-9-25-28)12-32-22(30)27-19-8-10-31-20-15(19)3-2-4-16(20)21(29)26-13-5-6-17(23)18(24)11-13;17-12-5-4-9(8-13(12)18)20-16(21)11-3-1-2-10-14(19)6-7-22-15(10)11;1-12-8(2-3-11-12)6-15-9(14)13-5-4-10-7-13;/h2-7,9,11,19H,8,10,12H2,1H3,(H,26,29)(H,27,30);1-5,8,14H,6-7,19H2,(H,20,21);2-5,7H,6H2,1H3;1H/t19-;14-;;/m00../s1. The van der Waals surface area contributed by atoms with Crippen LogP contribution >= 0.6 is 12.4 Å². The molecular formula is C47H45ClF4N10O8. The van der Waals surface area contributed by atoms with Gasteiger partial charge in [0.05, 0.1) is 41.8 Å². The summed E-state index contributed by atoms with van der Waals surface area (Å²) in [6.07, 6.45) is 7.82. The molecular weight excluding hydrogens is 944 g/mol. The number of amides is 3. The van der Waals surface area contributed by atoms with Gasteiger partial charge >= 0.3 is 12.2 Å². The van der Waals surface area contributed by atoms with Gasteiger partial charge in [0.1, 0.15) is 31.0 Å². The summed E-state index contributed by atoms with van der Waals surface area (Å²) in [7, 11) is 3.54. The second kappa shape index (κ2) is 23.7. The number of para-hydroxylation sites is 2. The highest BCUT2D eigenvalue weighted by Gasteiger charge is 2.28. The van der Waals surface area contributed by atoms with Crippen molar-refractivity contribution >= 4 is 47.8 Å². The predicted molar refractivity (Wildman–Crippen MR) is 246 cm³/mol. The molecule has 9 rings (SSSR count). The lowest BCUT2D eigenvalue weighted by molar-refractivity contribution is 0.101. The van der Waals surface area contributed by atoms with Gasteiger partial charge in [0.15, 0.2) is 23.3 Å². The number of nitrogens with two attached hydrogens (primary N) is 1. The summed E-state index contributed by atoms with van der Waals surface area (Å²) in [4.78, 5) is 52.5. The zero-order chi connectivity index (χ0) is 49.0. The van der Waals surface area contributed by atoms with E-state index in [1.165, 1.54) is 35.4 Å². The summed E-state index contributed by atoms with van der Waals surface area (Å²) < 4.78 is 78.8. The Morgan fingerprint density at radius 3 is 1.73 bits per heavy atom. The highest BCUT2D eigenvalue weighted by atomic mass is 35.5. The van der Waals surface area contributed by atoms with Crippen molar-refractivity contribution in [2.75, 3.05) is 23.8 Å². The van der Waals surface area contributed by atoms with E-state index in [2.05, 4.69) is 31.1 Å². The van der Waals surface area contributed by atoms with Crippen molar-refractivity contribution < 1.29 is 55.7 Å². The van der Waals surface area contributed by atoms with Gasteiger partial charge in [-0.25, -0.2) is 36.7 Å². The lowest BCUT2D eigenvalue weighted by Gasteiger charge is -2.27. The molecule has 2 atom stereocenters. The molecule has 0 bridgehead atoms. The summed E-state index contributed by atoms with van der Waals surface area (Å²) in [6, 6.07) is 19.3. The fourth-order valence-electron chi connectivity index (χ4n) is 6.91. The number of alkyl carbamates (subject to hydrolysis) is 1. The van der Waals surface area contributed by atoms with Crippen LogP contribution in [0.5, 0.6) is 11.5 Å². The van der Waals surface area contributed by atoms with Crippen LogP contribution in [0.1, 0.15) is 68.2 Å². The Labute approximate surface area is 403 Å². The van der Waals surface area contributed by atoms with Crippen LogP contribution in [0.3, 0.4) is 0 Å². The van der Waals surface area contributed by atoms with E-state index in [1.54, 1.807) is 78.3 Å². The Bertz CT molecular complexity index is 2950. The van der Waals surface area contributed by atoms with Gasteiger partial charge in [0, 0.05) is 92.4 Å². The van der Waals surface area contributed by atoms with E-state index in [9.17, 15) is 36.7 Å². The van der Waals surface area contributed by atoms with Gasteiger partial charge in [0.2, 0.25) is 0 Å². The molecule has 5 heterocycles. The lowest BCUT2D eigenvalue weighted by Crippen LogP contribution is -2.33. The molecule has 2 aliphatic rings. The molecule has 0 spiro atoms. The van der Waals surface area contributed by atoms with Crippen LogP contribution in [-0.2, 0) is 36.8 Å². The fourth-order valence-corrected chi connectivity index (χ4v) is 6.91. The van der Waals surface area contributed by atoms with Gasteiger partial charge in [-0.1, -0.05) is 24.3 Å². The third-order valence-corrected chi connectivity index (χ3v) is 10.6. The number of ether oxygens (including phenoxy) is 4. The van der Waals surface area contributed by atoms with Crippen molar-refractivity contribution in [3.05, 3.63) is 173 Å². The van der Waals surface area contributed by atoms with E-state index in [0.29, 0.717) is 42.1 Å². The minimum absolute atomic E-state index is 0. The number of anilines is 2. The van der Waals surface area contributed by atoms with Gasteiger partial charge < -0.3 is 40.6 Å². The molecule has 0 saturated heterocycles. The average molecular weight is 989 g/mol. The maximum atomic E-state index is 13.4. The summed E-state index contributed by atoms with van der Waals surface area (Å²) in [5, 5.41) is 15.8. The van der Waals surface area contributed by atoms with E-state index in [-0.39, 0.29) is 55.2 Å². The van der Waals surface area contributed by atoms with E-state index in [1.807, 2.05) is 6.07 Å². The van der Waals surface area contributed by atoms with Gasteiger partial charge in [-0.05, 0) is 48.5 Å². The van der Waals surface area contributed by atoms with E-state index >= 15 is 0 Å². The number of carbonyl (C=O) groups excluding carboxylic acids is 4. The van der Waals surface area contributed by atoms with Crippen molar-refractivity contribution in [2.45, 2.75) is 38.1 Å². The number of hydrogen-bond donors (Lipinski definition) is 4. The minimum atomic E-state index is -1.07. The number of aromatic nitrogens is 6. The molecule has 0 fully saturated rings. The maximum Gasteiger partial charge on any atom is 0.419 e. The molecule has 23 heteroatoms. The van der Waals surface area contributed by atoms with Crippen LogP contribution in [-0.4, -0.2) is 66.3 Å². The molecule has 4 aromatic carbocycles. The number of halogens is 5. The second-order valence-electron chi connectivity index (χ2n) is 15.2. The molecule has 3 amide bonds. The molecule has 0 unspecified atom stereocenters. The van der Waals surface area contributed by atoms with Crippen molar-refractivity contribution in [3.8, 4) is 11.5 Å². The fraction of sp³-hybridized carbons (Fsp3) is 0.213. The van der Waals surface area contributed by atoms with Crippen LogP contribution in [0, 0.1) is 23.3 Å². The first-order valence-electron chi connectivity index (χ1n) is 21.1. The Morgan fingerprint density at radius 1 is 0.686 bits per heavy atom. The second-order valence-corrected chi connectivity index (χ2v) is 15.2. The molecule has 7 aromatic rings. The number of rotatable bonds is 9. The topological polar surface area (TPSA) is 221 Å². The molecule has 18 nitrogen and oxygen atoms in total. The molecule has 0 radical (unpaired) electrons. The molecule has 3 aromatic heterocycles. The first kappa shape index (κ1) is 51.2. The Kier molecular flexibility index (Phi) is 17.3. The Balaban J connectivity index is 0.000000183. The monoisotopic (exact) mass is 988 g/mol. The van der Waals surface area contributed by atoms with Crippen molar-refractivity contribution in [3.63, 3.8) is 0 Å². The number of imidazole rings is 1. The summed E-state index contributed by atoms with van der Waals surface area (Å²) >= 11 is 0. The van der Waals surface area contributed by atoms with Crippen molar-refractivity contribution in [1.29, 1.82) is 0 Å². The third-order valence-electron chi connectivity index (χ3n) is 10.6. The van der Waals surface area contributed by atoms with E-state index in [4.69, 9.17) is 24.7 Å². The molecule has 366 valence electrons. The van der Waals surface area contributed by atoms with Crippen LogP contribution in [0.2, 0.25) is 0 Å². The molecule has 5 N–H and O–H groups in total. The lowest BCUT2D eigenvalue weighted by atomic mass is 9.97. The Morgan fingerprint density at radius 2 is 1.21 bits per heavy atom. The van der Waals surface area contributed by atoms with Gasteiger partial charge in [-0.15, -0.1) is 12.4 Å². The average Bonchev–Trinajstić information content (AvgIpc) is 4.13. The van der Waals surface area contributed by atoms with Gasteiger partial charge in [0.25, 0.3) is 11.8 Å².